The molecule has 0 aliphatic carbocycles. The monoisotopic (exact) mass is 211 g/mol. The predicted octanol–water partition coefficient (Wildman–Crippen LogP) is -0.311. The van der Waals surface area contributed by atoms with Gasteiger partial charge in [0.1, 0.15) is 6.10 Å². The lowest BCUT2D eigenvalue weighted by Gasteiger charge is -2.34. The molecule has 0 N–H and O–H groups in total. The molecule has 1 aliphatic rings. The van der Waals surface area contributed by atoms with E-state index < -0.39 is 0 Å². The molecular weight excluding hydrogens is 194 g/mol. The van der Waals surface area contributed by atoms with Crippen LogP contribution in [0.2, 0.25) is 0 Å². The number of nitriles is 1. The molecule has 1 amide bonds. The van der Waals surface area contributed by atoms with Gasteiger partial charge in [0.2, 0.25) is 0 Å². The predicted molar refractivity (Wildman–Crippen MR) is 55.1 cm³/mol. The molecule has 0 aromatic heterocycles. The number of carbonyl (C=O) groups excluding carboxylic acids is 1. The van der Waals surface area contributed by atoms with Gasteiger partial charge in [0.25, 0.3) is 5.91 Å². The second kappa shape index (κ2) is 5.69. The molecule has 5 nitrogen and oxygen atoms in total. The molecule has 15 heavy (non-hydrogen) atoms. The quantitative estimate of drug-likeness (QED) is 0.601. The molecule has 0 aromatic rings. The molecule has 84 valence electrons. The minimum Gasteiger partial charge on any atom is -0.372 e. The zero-order chi connectivity index (χ0) is 11.3. The molecule has 0 aromatic carbocycles. The summed E-state index contributed by atoms with van der Waals surface area (Å²) in [6.07, 6.45) is -0.368. The van der Waals surface area contributed by atoms with Crippen molar-refractivity contribution in [3.8, 4) is 6.07 Å². The maximum absolute atomic E-state index is 11.7. The van der Waals surface area contributed by atoms with Crippen molar-refractivity contribution in [2.24, 2.45) is 0 Å². The van der Waals surface area contributed by atoms with Crippen LogP contribution in [-0.2, 0) is 9.53 Å². The van der Waals surface area contributed by atoms with Gasteiger partial charge in [-0.2, -0.15) is 5.26 Å². The van der Waals surface area contributed by atoms with Crippen LogP contribution >= 0.6 is 0 Å². The van der Waals surface area contributed by atoms with Crippen LogP contribution in [0.5, 0.6) is 0 Å². The highest BCUT2D eigenvalue weighted by atomic mass is 16.5. The Morgan fingerprint density at radius 1 is 1.47 bits per heavy atom. The van der Waals surface area contributed by atoms with Crippen molar-refractivity contribution < 1.29 is 9.53 Å². The number of piperazine rings is 1. The van der Waals surface area contributed by atoms with E-state index >= 15 is 0 Å². The molecule has 1 fully saturated rings. The number of rotatable bonds is 3. The summed E-state index contributed by atoms with van der Waals surface area (Å²) < 4.78 is 4.98. The molecule has 1 aliphatic heterocycles. The van der Waals surface area contributed by atoms with Gasteiger partial charge in [0, 0.05) is 33.3 Å². The number of nitrogens with zero attached hydrogens (tertiary/aromatic N) is 3. The fourth-order valence-electron chi connectivity index (χ4n) is 1.58. The summed E-state index contributed by atoms with van der Waals surface area (Å²) in [5.74, 6) is 0.0362. The van der Waals surface area contributed by atoms with Crippen LogP contribution < -0.4 is 0 Å². The van der Waals surface area contributed by atoms with E-state index in [1.807, 2.05) is 4.90 Å². The number of methoxy groups -OCH3 is 1. The maximum atomic E-state index is 11.7. The Morgan fingerprint density at radius 3 is 2.53 bits per heavy atom. The van der Waals surface area contributed by atoms with Crippen LogP contribution in [0.25, 0.3) is 0 Å². The Labute approximate surface area is 90.2 Å². The summed E-state index contributed by atoms with van der Waals surface area (Å²) in [5.41, 5.74) is 0. The highest BCUT2D eigenvalue weighted by Crippen LogP contribution is 2.04. The summed E-state index contributed by atoms with van der Waals surface area (Å²) in [6, 6.07) is 2.11. The van der Waals surface area contributed by atoms with Crippen molar-refractivity contribution in [1.29, 1.82) is 5.26 Å². The smallest absolute Gasteiger partial charge is 0.251 e. The normalized spacial score (nSPS) is 19.7. The molecule has 5 heteroatoms. The van der Waals surface area contributed by atoms with Gasteiger partial charge in [0.05, 0.1) is 12.6 Å². The zero-order valence-electron chi connectivity index (χ0n) is 9.27. The summed E-state index contributed by atoms with van der Waals surface area (Å²) in [6.45, 7) is 5.12. The summed E-state index contributed by atoms with van der Waals surface area (Å²) in [5, 5.41) is 8.53. The van der Waals surface area contributed by atoms with Crippen molar-refractivity contribution in [3.05, 3.63) is 0 Å². The Morgan fingerprint density at radius 2 is 2.07 bits per heavy atom. The van der Waals surface area contributed by atoms with E-state index in [2.05, 4.69) is 6.07 Å². The summed E-state index contributed by atoms with van der Waals surface area (Å²) in [7, 11) is 1.54. The molecule has 0 bridgehead atoms. The van der Waals surface area contributed by atoms with Crippen LogP contribution in [0.4, 0.5) is 0 Å². The van der Waals surface area contributed by atoms with Gasteiger partial charge in [-0.1, -0.05) is 0 Å². The summed E-state index contributed by atoms with van der Waals surface area (Å²) in [4.78, 5) is 15.5. The van der Waals surface area contributed by atoms with Gasteiger partial charge in [0.15, 0.2) is 0 Å². The molecular formula is C10H17N3O2. The summed E-state index contributed by atoms with van der Waals surface area (Å²) >= 11 is 0. The Kier molecular flexibility index (Phi) is 4.53. The zero-order valence-corrected chi connectivity index (χ0v) is 9.27. The number of amides is 1. The Balaban J connectivity index is 2.37. The second-order valence-electron chi connectivity index (χ2n) is 3.64. The Hall–Kier alpha value is -1.12. The van der Waals surface area contributed by atoms with Crippen molar-refractivity contribution in [3.63, 3.8) is 0 Å². The van der Waals surface area contributed by atoms with Crippen LogP contribution in [0.1, 0.15) is 6.92 Å². The van der Waals surface area contributed by atoms with E-state index in [0.717, 1.165) is 13.1 Å². The molecule has 1 rings (SSSR count). The number of hydrogen-bond acceptors (Lipinski definition) is 4. The molecule has 1 heterocycles. The average molecular weight is 211 g/mol. The first kappa shape index (κ1) is 12.0. The lowest BCUT2D eigenvalue weighted by Crippen LogP contribution is -2.51. The van der Waals surface area contributed by atoms with Gasteiger partial charge < -0.3 is 9.64 Å². The van der Waals surface area contributed by atoms with Crippen molar-refractivity contribution in [1.82, 2.24) is 9.80 Å². The van der Waals surface area contributed by atoms with Crippen LogP contribution in [0.15, 0.2) is 0 Å². The van der Waals surface area contributed by atoms with Crippen LogP contribution in [-0.4, -0.2) is 61.6 Å². The van der Waals surface area contributed by atoms with E-state index in [1.165, 1.54) is 7.11 Å². The van der Waals surface area contributed by atoms with E-state index in [0.29, 0.717) is 19.6 Å². The number of carbonyl (C=O) groups is 1. The van der Waals surface area contributed by atoms with Gasteiger partial charge in [-0.15, -0.1) is 0 Å². The second-order valence-corrected chi connectivity index (χ2v) is 3.64. The van der Waals surface area contributed by atoms with Gasteiger partial charge in [-0.25, -0.2) is 0 Å². The minimum atomic E-state index is -0.368. The van der Waals surface area contributed by atoms with Crippen molar-refractivity contribution in [2.75, 3.05) is 39.8 Å². The van der Waals surface area contributed by atoms with Gasteiger partial charge in [-0.05, 0) is 6.92 Å². The van der Waals surface area contributed by atoms with E-state index in [9.17, 15) is 4.79 Å². The minimum absolute atomic E-state index is 0.0362. The highest BCUT2D eigenvalue weighted by Gasteiger charge is 2.24. The van der Waals surface area contributed by atoms with E-state index in [1.54, 1.807) is 11.8 Å². The average Bonchev–Trinajstić information content (AvgIpc) is 2.28. The Bertz CT molecular complexity index is 254. The number of hydrogen-bond donors (Lipinski definition) is 0. The SMILES string of the molecule is COC(C)C(=O)N1CCN(CC#N)CC1. The van der Waals surface area contributed by atoms with E-state index in [-0.39, 0.29) is 12.0 Å². The third-order valence-corrected chi connectivity index (χ3v) is 2.68. The lowest BCUT2D eigenvalue weighted by molar-refractivity contribution is -0.142. The largest absolute Gasteiger partial charge is 0.372 e. The molecule has 1 atom stereocenters. The van der Waals surface area contributed by atoms with Crippen LogP contribution in [0, 0.1) is 11.3 Å². The van der Waals surface area contributed by atoms with Gasteiger partial charge in [-0.3, -0.25) is 9.69 Å². The molecule has 1 unspecified atom stereocenters. The van der Waals surface area contributed by atoms with Crippen molar-refractivity contribution in [2.45, 2.75) is 13.0 Å². The molecule has 0 radical (unpaired) electrons. The number of ether oxygens (including phenoxy) is 1. The third-order valence-electron chi connectivity index (χ3n) is 2.68. The maximum Gasteiger partial charge on any atom is 0.251 e. The fraction of sp³-hybridized carbons (Fsp3) is 0.800. The first-order chi connectivity index (χ1) is 7.19. The van der Waals surface area contributed by atoms with E-state index in [4.69, 9.17) is 10.00 Å². The van der Waals surface area contributed by atoms with Crippen molar-refractivity contribution >= 4 is 5.91 Å². The lowest BCUT2D eigenvalue weighted by atomic mass is 10.2. The van der Waals surface area contributed by atoms with Gasteiger partial charge >= 0.3 is 0 Å². The third kappa shape index (κ3) is 3.18. The standard InChI is InChI=1S/C10H17N3O2/c1-9(15-2)10(14)13-7-5-12(4-3-11)6-8-13/h9H,4-8H2,1-2H3. The first-order valence-corrected chi connectivity index (χ1v) is 5.10. The highest BCUT2D eigenvalue weighted by molar-refractivity contribution is 5.80. The van der Waals surface area contributed by atoms with Crippen LogP contribution in [0.3, 0.4) is 0 Å². The topological polar surface area (TPSA) is 56.6 Å². The molecule has 0 saturated carbocycles. The molecule has 1 saturated heterocycles. The fourth-order valence-corrected chi connectivity index (χ4v) is 1.58. The molecule has 0 spiro atoms. The first-order valence-electron chi connectivity index (χ1n) is 5.10.